The van der Waals surface area contributed by atoms with Crippen LogP contribution in [0.25, 0.3) is 0 Å². The van der Waals surface area contributed by atoms with E-state index in [-0.39, 0.29) is 25.4 Å². The molecule has 2 aliphatic rings. The van der Waals surface area contributed by atoms with Gasteiger partial charge < -0.3 is 30.5 Å². The molecule has 1 heterocycles. The van der Waals surface area contributed by atoms with E-state index in [1.165, 1.54) is 16.7 Å². The molecular weight excluding hydrogens is 602 g/mol. The average molecular weight is 646 g/mol. The van der Waals surface area contributed by atoms with E-state index < -0.39 is 46.3 Å². The summed E-state index contributed by atoms with van der Waals surface area (Å²) >= 11 is 1.44. The van der Waals surface area contributed by atoms with Gasteiger partial charge >= 0.3 is 0 Å². The minimum atomic E-state index is -2.00. The third kappa shape index (κ3) is 7.24. The van der Waals surface area contributed by atoms with Crippen LogP contribution in [0.3, 0.4) is 0 Å². The number of carbonyl (C=O) groups is 3. The molecule has 3 amide bonds. The van der Waals surface area contributed by atoms with Crippen molar-refractivity contribution in [3.05, 3.63) is 101 Å². The molecule has 3 aromatic rings. The van der Waals surface area contributed by atoms with Crippen LogP contribution in [0.15, 0.2) is 72.8 Å². The van der Waals surface area contributed by atoms with Gasteiger partial charge in [0.15, 0.2) is 12.2 Å². The quantitative estimate of drug-likeness (QED) is 0.251. The number of amides is 3. The molecule has 244 valence electrons. The molecule has 1 aliphatic heterocycles. The number of hydrogen-bond acceptors (Lipinski definition) is 7. The monoisotopic (exact) mass is 645 g/mol. The van der Waals surface area contributed by atoms with E-state index in [2.05, 4.69) is 10.6 Å². The molecule has 0 unspecified atom stereocenters. The summed E-state index contributed by atoms with van der Waals surface area (Å²) < 4.78 is 5.12. The lowest BCUT2D eigenvalue weighted by Crippen LogP contribution is -2.61. The molecule has 0 bridgehead atoms. The minimum absolute atomic E-state index is 0.0263. The molecule has 10 heteroatoms. The number of benzene rings is 3. The first-order valence-corrected chi connectivity index (χ1v) is 16.6. The number of aliphatic hydroxyl groups excluding tert-OH is 1. The van der Waals surface area contributed by atoms with E-state index in [0.717, 1.165) is 27.8 Å². The van der Waals surface area contributed by atoms with Gasteiger partial charge in [-0.1, -0.05) is 72.8 Å². The standard InChI is InChI=1S/C36H43N3O6S/c1-23-11-10-12-24(2)31(23)45-20-29(41)37-21-36(44,18-17-25-13-6-5-7-14-25)34(43)39-22-46-35(3,4)32(39)33(42)38-30-27-16-9-8-15-26(27)19-28(30)40/h5-16,28,30,32,40,44H,17-22H2,1-4H3,(H,37,41)(H,38,42)/t28-,30+,32-,36+/m1/s1. The molecule has 3 aromatic carbocycles. The van der Waals surface area contributed by atoms with Crippen LogP contribution in [-0.2, 0) is 27.2 Å². The Balaban J connectivity index is 1.33. The lowest BCUT2D eigenvalue weighted by molar-refractivity contribution is -0.156. The van der Waals surface area contributed by atoms with Crippen molar-refractivity contribution in [2.75, 3.05) is 19.0 Å². The first-order valence-electron chi connectivity index (χ1n) is 15.6. The van der Waals surface area contributed by atoms with Crippen LogP contribution >= 0.6 is 11.8 Å². The number of hydrogen-bond donors (Lipinski definition) is 4. The summed E-state index contributed by atoms with van der Waals surface area (Å²) in [6.45, 7) is 6.95. The number of carbonyl (C=O) groups excluding carboxylic acids is 3. The van der Waals surface area contributed by atoms with Crippen molar-refractivity contribution in [2.24, 2.45) is 0 Å². The van der Waals surface area contributed by atoms with Gasteiger partial charge in [0, 0.05) is 11.2 Å². The Morgan fingerprint density at radius 2 is 1.67 bits per heavy atom. The molecule has 0 spiro atoms. The first-order chi connectivity index (χ1) is 21.9. The van der Waals surface area contributed by atoms with E-state index in [1.54, 1.807) is 0 Å². The Kier molecular flexibility index (Phi) is 10.1. The molecule has 1 saturated heterocycles. The van der Waals surface area contributed by atoms with E-state index in [0.29, 0.717) is 18.6 Å². The number of rotatable bonds is 11. The van der Waals surface area contributed by atoms with Crippen LogP contribution in [0, 0.1) is 13.8 Å². The normalized spacial score (nSPS) is 21.3. The molecule has 0 radical (unpaired) electrons. The van der Waals surface area contributed by atoms with Crippen molar-refractivity contribution in [2.45, 2.75) is 75.5 Å². The molecule has 1 fully saturated rings. The summed E-state index contributed by atoms with van der Waals surface area (Å²) in [5, 5.41) is 28.5. The van der Waals surface area contributed by atoms with Crippen molar-refractivity contribution in [3.8, 4) is 5.75 Å². The van der Waals surface area contributed by atoms with Gasteiger partial charge in [-0.2, -0.15) is 0 Å². The highest BCUT2D eigenvalue weighted by atomic mass is 32.2. The van der Waals surface area contributed by atoms with Gasteiger partial charge in [-0.25, -0.2) is 0 Å². The SMILES string of the molecule is Cc1cccc(C)c1OCC(=O)NC[C@@](O)(CCc1ccccc1)C(=O)N1CSC(C)(C)[C@H]1C(=O)N[C@H]1c2ccccc2C[C@H]1O. The topological polar surface area (TPSA) is 128 Å². The zero-order chi connectivity index (χ0) is 33.1. The Bertz CT molecular complexity index is 1560. The lowest BCUT2D eigenvalue weighted by Gasteiger charge is -2.37. The number of nitrogens with one attached hydrogen (secondary N) is 2. The van der Waals surface area contributed by atoms with Crippen LogP contribution in [0.2, 0.25) is 0 Å². The highest BCUT2D eigenvalue weighted by Gasteiger charge is 2.53. The summed E-state index contributed by atoms with van der Waals surface area (Å²) in [6.07, 6.45) is 0.0489. The first kappa shape index (κ1) is 33.5. The predicted molar refractivity (Wildman–Crippen MR) is 178 cm³/mol. The van der Waals surface area contributed by atoms with Gasteiger partial charge in [0.25, 0.3) is 11.8 Å². The zero-order valence-electron chi connectivity index (χ0n) is 26.8. The number of aryl methyl sites for hydroxylation is 3. The highest BCUT2D eigenvalue weighted by molar-refractivity contribution is 8.00. The number of nitrogens with zero attached hydrogens (tertiary/aromatic N) is 1. The van der Waals surface area contributed by atoms with Crippen molar-refractivity contribution in [3.63, 3.8) is 0 Å². The van der Waals surface area contributed by atoms with E-state index in [4.69, 9.17) is 4.74 Å². The summed E-state index contributed by atoms with van der Waals surface area (Å²) in [7, 11) is 0. The molecule has 5 rings (SSSR count). The van der Waals surface area contributed by atoms with Crippen LogP contribution < -0.4 is 15.4 Å². The number of ether oxygens (including phenoxy) is 1. The average Bonchev–Trinajstić information content (AvgIpc) is 3.53. The van der Waals surface area contributed by atoms with Crippen molar-refractivity contribution >= 4 is 29.5 Å². The fourth-order valence-electron chi connectivity index (χ4n) is 6.37. The smallest absolute Gasteiger partial charge is 0.258 e. The number of para-hydroxylation sites is 1. The van der Waals surface area contributed by atoms with Crippen LogP contribution in [0.5, 0.6) is 5.75 Å². The Morgan fingerprint density at radius 1 is 1.00 bits per heavy atom. The van der Waals surface area contributed by atoms with E-state index in [1.807, 2.05) is 100 Å². The number of fused-ring (bicyclic) bond motifs is 1. The Labute approximate surface area is 274 Å². The summed E-state index contributed by atoms with van der Waals surface area (Å²) in [6, 6.07) is 21.3. The van der Waals surface area contributed by atoms with Gasteiger partial charge in [-0.3, -0.25) is 14.4 Å². The summed E-state index contributed by atoms with van der Waals surface area (Å²) in [5.41, 5.74) is 2.56. The number of thioether (sulfide) groups is 1. The van der Waals surface area contributed by atoms with Crippen molar-refractivity contribution in [1.29, 1.82) is 0 Å². The molecule has 0 aromatic heterocycles. The summed E-state index contributed by atoms with van der Waals surface area (Å²) in [5.74, 6) is -0.711. The van der Waals surface area contributed by atoms with Gasteiger partial charge in [0.1, 0.15) is 11.8 Å². The van der Waals surface area contributed by atoms with Crippen molar-refractivity contribution in [1.82, 2.24) is 15.5 Å². The summed E-state index contributed by atoms with van der Waals surface area (Å²) in [4.78, 5) is 42.6. The second kappa shape index (κ2) is 13.9. The van der Waals surface area contributed by atoms with Crippen molar-refractivity contribution < 1.29 is 29.3 Å². The molecule has 9 nitrogen and oxygen atoms in total. The Morgan fingerprint density at radius 3 is 2.39 bits per heavy atom. The number of aliphatic hydroxyl groups is 2. The predicted octanol–water partition coefficient (Wildman–Crippen LogP) is 3.62. The molecule has 4 N–H and O–H groups in total. The van der Waals surface area contributed by atoms with E-state index in [9.17, 15) is 24.6 Å². The second-order valence-corrected chi connectivity index (χ2v) is 14.4. The minimum Gasteiger partial charge on any atom is -0.483 e. The zero-order valence-corrected chi connectivity index (χ0v) is 27.6. The van der Waals surface area contributed by atoms with Crippen LogP contribution in [0.1, 0.15) is 54.1 Å². The van der Waals surface area contributed by atoms with Gasteiger partial charge in [-0.05, 0) is 68.4 Å². The third-order valence-electron chi connectivity index (χ3n) is 8.96. The largest absolute Gasteiger partial charge is 0.483 e. The fourth-order valence-corrected chi connectivity index (χ4v) is 7.50. The maximum Gasteiger partial charge on any atom is 0.258 e. The van der Waals surface area contributed by atoms with Gasteiger partial charge in [0.2, 0.25) is 5.91 Å². The van der Waals surface area contributed by atoms with Gasteiger partial charge in [-0.15, -0.1) is 11.8 Å². The fraction of sp³-hybridized carbons (Fsp3) is 0.417. The second-order valence-electron chi connectivity index (χ2n) is 12.8. The molecule has 1 aliphatic carbocycles. The third-order valence-corrected chi connectivity index (χ3v) is 10.3. The molecule has 0 saturated carbocycles. The van der Waals surface area contributed by atoms with E-state index >= 15 is 0 Å². The van der Waals surface area contributed by atoms with Crippen LogP contribution in [0.4, 0.5) is 0 Å². The maximum atomic E-state index is 14.3. The van der Waals surface area contributed by atoms with Gasteiger partial charge in [0.05, 0.1) is 24.6 Å². The highest BCUT2D eigenvalue weighted by Crippen LogP contribution is 2.41. The lowest BCUT2D eigenvalue weighted by atomic mass is 9.91. The Hall–Kier alpha value is -3.86. The van der Waals surface area contributed by atoms with Crippen LogP contribution in [-0.4, -0.2) is 74.4 Å². The maximum absolute atomic E-state index is 14.3. The molecule has 46 heavy (non-hydrogen) atoms. The molecule has 4 atom stereocenters. The molecular formula is C36H43N3O6S.